The highest BCUT2D eigenvalue weighted by atomic mass is 35.5. The molecule has 0 aromatic heterocycles. The molecule has 1 fully saturated rings. The van der Waals surface area contributed by atoms with Crippen molar-refractivity contribution in [3.63, 3.8) is 0 Å². The van der Waals surface area contributed by atoms with Gasteiger partial charge in [-0.1, -0.05) is 36.2 Å². The van der Waals surface area contributed by atoms with Crippen LogP contribution in [0.5, 0.6) is 0 Å². The number of nitrogens with zero attached hydrogens (tertiary/aromatic N) is 1. The van der Waals surface area contributed by atoms with E-state index in [1.54, 1.807) is 13.0 Å². The average Bonchev–Trinajstić information content (AvgIpc) is 2.87. The van der Waals surface area contributed by atoms with Crippen LogP contribution in [0.1, 0.15) is 38.3 Å². The van der Waals surface area contributed by atoms with Crippen molar-refractivity contribution in [1.29, 1.82) is 0 Å². The van der Waals surface area contributed by atoms with E-state index in [-0.39, 0.29) is 11.9 Å². The number of rotatable bonds is 4. The third kappa shape index (κ3) is 3.46. The summed E-state index contributed by atoms with van der Waals surface area (Å²) in [6.07, 6.45) is 2.24. The molecule has 1 heterocycles. The molecule has 0 bridgehead atoms. The number of halogens is 2. The van der Waals surface area contributed by atoms with Crippen molar-refractivity contribution in [2.24, 2.45) is 0 Å². The van der Waals surface area contributed by atoms with Gasteiger partial charge in [0.2, 0.25) is 5.91 Å². The number of likely N-dealkylation sites (N-methyl/N-ethyl adjacent to an activating group) is 1. The van der Waals surface area contributed by atoms with Crippen LogP contribution in [0.25, 0.3) is 0 Å². The first-order valence-corrected chi connectivity index (χ1v) is 7.74. The molecule has 3 nitrogen and oxygen atoms in total. The maximum atomic E-state index is 11.5. The second kappa shape index (κ2) is 6.79. The van der Waals surface area contributed by atoms with Crippen LogP contribution < -0.4 is 5.32 Å². The molecule has 1 saturated heterocycles. The third-order valence-electron chi connectivity index (χ3n) is 3.87. The molecule has 0 radical (unpaired) electrons. The third-order valence-corrected chi connectivity index (χ3v) is 4.61. The smallest absolute Gasteiger partial charge is 0.217 e. The van der Waals surface area contributed by atoms with E-state index in [1.165, 1.54) is 0 Å². The molecule has 2 rings (SSSR count). The van der Waals surface area contributed by atoms with Crippen LogP contribution in [-0.2, 0) is 4.79 Å². The molecule has 1 amide bonds. The Morgan fingerprint density at radius 3 is 2.80 bits per heavy atom. The van der Waals surface area contributed by atoms with Crippen molar-refractivity contribution in [1.82, 2.24) is 10.2 Å². The van der Waals surface area contributed by atoms with Crippen LogP contribution in [0.15, 0.2) is 18.2 Å². The first-order chi connectivity index (χ1) is 9.52. The molecule has 2 unspecified atom stereocenters. The first kappa shape index (κ1) is 15.6. The number of hydrogen-bond donors (Lipinski definition) is 1. The van der Waals surface area contributed by atoms with Gasteiger partial charge >= 0.3 is 0 Å². The second-order valence-electron chi connectivity index (χ2n) is 5.19. The van der Waals surface area contributed by atoms with Gasteiger partial charge in [-0.05, 0) is 43.6 Å². The van der Waals surface area contributed by atoms with Crippen molar-refractivity contribution in [2.45, 2.75) is 38.8 Å². The van der Waals surface area contributed by atoms with E-state index < -0.39 is 0 Å². The number of likely N-dealkylation sites (tertiary alicyclic amines) is 1. The normalized spacial score (nSPS) is 20.9. The van der Waals surface area contributed by atoms with Crippen molar-refractivity contribution >= 4 is 29.1 Å². The summed E-state index contributed by atoms with van der Waals surface area (Å²) in [4.78, 5) is 13.9. The average molecular weight is 315 g/mol. The zero-order chi connectivity index (χ0) is 14.7. The van der Waals surface area contributed by atoms with Crippen molar-refractivity contribution in [3.8, 4) is 0 Å². The molecule has 1 aromatic rings. The number of carbonyl (C=O) groups excluding carboxylic acids is 1. The minimum absolute atomic E-state index is 0.0241. The van der Waals surface area contributed by atoms with Gasteiger partial charge in [-0.15, -0.1) is 0 Å². The number of amides is 1. The van der Waals surface area contributed by atoms with Gasteiger partial charge in [-0.2, -0.15) is 0 Å². The highest BCUT2D eigenvalue weighted by molar-refractivity contribution is 6.42. The highest BCUT2D eigenvalue weighted by Gasteiger charge is 2.32. The molecular weight excluding hydrogens is 295 g/mol. The number of benzene rings is 1. The van der Waals surface area contributed by atoms with Crippen LogP contribution in [0.4, 0.5) is 0 Å². The Kier molecular flexibility index (Phi) is 5.30. The SMILES string of the molecule is CCN1CCCC1C(NC(C)=O)c1ccc(Cl)c(Cl)c1. The van der Waals surface area contributed by atoms with E-state index in [0.29, 0.717) is 16.1 Å². The van der Waals surface area contributed by atoms with E-state index in [1.807, 2.05) is 12.1 Å². The van der Waals surface area contributed by atoms with Gasteiger partial charge in [0, 0.05) is 13.0 Å². The molecular formula is C15H20Cl2N2O. The Hall–Kier alpha value is -0.770. The molecule has 1 aromatic carbocycles. The largest absolute Gasteiger partial charge is 0.348 e. The lowest BCUT2D eigenvalue weighted by Gasteiger charge is -2.31. The van der Waals surface area contributed by atoms with E-state index in [4.69, 9.17) is 23.2 Å². The van der Waals surface area contributed by atoms with E-state index in [2.05, 4.69) is 17.1 Å². The molecule has 110 valence electrons. The molecule has 1 N–H and O–H groups in total. The van der Waals surface area contributed by atoms with Gasteiger partial charge in [-0.25, -0.2) is 0 Å². The fourth-order valence-corrected chi connectivity index (χ4v) is 3.26. The van der Waals surface area contributed by atoms with E-state index in [9.17, 15) is 4.79 Å². The van der Waals surface area contributed by atoms with E-state index >= 15 is 0 Å². The summed E-state index contributed by atoms with van der Waals surface area (Å²) in [6.45, 7) is 5.77. The standard InChI is InChI=1S/C15H20Cl2N2O/c1-3-19-8-4-5-14(19)15(18-10(2)20)11-6-7-12(16)13(17)9-11/h6-7,9,14-15H,3-5,8H2,1-2H3,(H,18,20). The summed E-state index contributed by atoms with van der Waals surface area (Å²) in [5.41, 5.74) is 1.01. The summed E-state index contributed by atoms with van der Waals surface area (Å²) in [5, 5.41) is 4.13. The molecule has 5 heteroatoms. The summed E-state index contributed by atoms with van der Waals surface area (Å²) >= 11 is 12.1. The fourth-order valence-electron chi connectivity index (χ4n) is 2.95. The Labute approximate surface area is 130 Å². The highest BCUT2D eigenvalue weighted by Crippen LogP contribution is 2.32. The van der Waals surface area contributed by atoms with Crippen molar-refractivity contribution in [3.05, 3.63) is 33.8 Å². The monoisotopic (exact) mass is 314 g/mol. The van der Waals surface area contributed by atoms with Crippen LogP contribution >= 0.6 is 23.2 Å². The second-order valence-corrected chi connectivity index (χ2v) is 6.00. The van der Waals surface area contributed by atoms with Gasteiger partial charge in [0.15, 0.2) is 0 Å². The lowest BCUT2D eigenvalue weighted by Crippen LogP contribution is -2.42. The van der Waals surface area contributed by atoms with Crippen LogP contribution in [0.3, 0.4) is 0 Å². The van der Waals surface area contributed by atoms with Crippen LogP contribution in [0.2, 0.25) is 10.0 Å². The molecule has 0 saturated carbocycles. The van der Waals surface area contributed by atoms with E-state index in [0.717, 1.165) is 31.5 Å². The van der Waals surface area contributed by atoms with Crippen molar-refractivity contribution in [2.75, 3.05) is 13.1 Å². The molecule has 2 atom stereocenters. The minimum atomic E-state index is -0.0373. The lowest BCUT2D eigenvalue weighted by molar-refractivity contribution is -0.120. The molecule has 1 aliphatic rings. The Morgan fingerprint density at radius 1 is 1.45 bits per heavy atom. The topological polar surface area (TPSA) is 32.3 Å². The molecule has 0 spiro atoms. The lowest BCUT2D eigenvalue weighted by atomic mass is 9.97. The van der Waals surface area contributed by atoms with Gasteiger partial charge in [-0.3, -0.25) is 9.69 Å². The Balaban J connectivity index is 2.31. The quantitative estimate of drug-likeness (QED) is 0.920. The Morgan fingerprint density at radius 2 is 2.20 bits per heavy atom. The zero-order valence-electron chi connectivity index (χ0n) is 11.8. The predicted octanol–water partition coefficient (Wildman–Crippen LogP) is 3.65. The minimum Gasteiger partial charge on any atom is -0.348 e. The Bertz CT molecular complexity index is 493. The first-order valence-electron chi connectivity index (χ1n) is 6.99. The summed E-state index contributed by atoms with van der Waals surface area (Å²) in [6, 6.07) is 5.88. The van der Waals surface area contributed by atoms with Gasteiger partial charge < -0.3 is 5.32 Å². The number of hydrogen-bond acceptors (Lipinski definition) is 2. The zero-order valence-corrected chi connectivity index (χ0v) is 13.3. The number of carbonyl (C=O) groups is 1. The molecule has 1 aliphatic heterocycles. The van der Waals surface area contributed by atoms with Gasteiger partial charge in [0.1, 0.15) is 0 Å². The van der Waals surface area contributed by atoms with Crippen LogP contribution in [-0.4, -0.2) is 29.9 Å². The predicted molar refractivity (Wildman–Crippen MR) is 83.3 cm³/mol. The molecule has 0 aliphatic carbocycles. The molecule has 20 heavy (non-hydrogen) atoms. The summed E-state index contributed by atoms with van der Waals surface area (Å²) < 4.78 is 0. The summed E-state index contributed by atoms with van der Waals surface area (Å²) in [7, 11) is 0. The fraction of sp³-hybridized carbons (Fsp3) is 0.533. The maximum Gasteiger partial charge on any atom is 0.217 e. The summed E-state index contributed by atoms with van der Waals surface area (Å²) in [5.74, 6) is -0.0241. The van der Waals surface area contributed by atoms with Gasteiger partial charge in [0.25, 0.3) is 0 Å². The van der Waals surface area contributed by atoms with Gasteiger partial charge in [0.05, 0.1) is 16.1 Å². The number of nitrogens with one attached hydrogen (secondary N) is 1. The van der Waals surface area contributed by atoms with Crippen molar-refractivity contribution < 1.29 is 4.79 Å². The maximum absolute atomic E-state index is 11.5. The van der Waals surface area contributed by atoms with Crippen LogP contribution in [0, 0.1) is 0 Å².